The second-order valence-corrected chi connectivity index (χ2v) is 6.39. The fourth-order valence-corrected chi connectivity index (χ4v) is 4.43. The molecule has 3 fully saturated rings. The summed E-state index contributed by atoms with van der Waals surface area (Å²) in [5.74, 6) is -3.05. The summed E-state index contributed by atoms with van der Waals surface area (Å²) < 4.78 is 0. The van der Waals surface area contributed by atoms with Crippen LogP contribution in [0.15, 0.2) is 24.3 Å². The third-order valence-electron chi connectivity index (χ3n) is 5.39. The van der Waals surface area contributed by atoms with Gasteiger partial charge in [0.1, 0.15) is 0 Å². The highest BCUT2D eigenvalue weighted by Crippen LogP contribution is 2.56. The fourth-order valence-electron chi connectivity index (χ4n) is 4.43. The van der Waals surface area contributed by atoms with Gasteiger partial charge in [-0.15, -0.1) is 0 Å². The predicted octanol–water partition coefficient (Wildman–Crippen LogP) is 0.0719. The zero-order valence-electron chi connectivity index (χ0n) is 11.9. The number of rotatable bonds is 2. The summed E-state index contributed by atoms with van der Waals surface area (Å²) in [6.45, 7) is 0. The number of carbonyl (C=O) groups excluding carboxylic acids is 2. The minimum atomic E-state index is -0.997. The summed E-state index contributed by atoms with van der Waals surface area (Å²) >= 11 is 0. The van der Waals surface area contributed by atoms with Gasteiger partial charge in [0.15, 0.2) is 0 Å². The van der Waals surface area contributed by atoms with E-state index in [1.807, 2.05) is 0 Å². The second kappa shape index (κ2) is 4.59. The number of hydrogen-bond acceptors (Lipinski definition) is 6. The zero-order valence-corrected chi connectivity index (χ0v) is 11.9. The van der Waals surface area contributed by atoms with E-state index in [4.69, 9.17) is 0 Å². The average Bonchev–Trinajstić information content (AvgIpc) is 3.12. The summed E-state index contributed by atoms with van der Waals surface area (Å²) in [6, 6.07) is 5.36. The van der Waals surface area contributed by atoms with E-state index in [1.54, 1.807) is 0 Å². The van der Waals surface area contributed by atoms with Gasteiger partial charge in [-0.1, -0.05) is 6.07 Å². The number of aliphatic hydroxyl groups is 2. The van der Waals surface area contributed by atoms with Gasteiger partial charge in [0, 0.05) is 24.0 Å². The highest BCUT2D eigenvalue weighted by atomic mass is 16.6. The molecule has 0 unspecified atom stereocenters. The molecule has 0 spiro atoms. The molecule has 4 rings (SSSR count). The molecule has 2 bridgehead atoms. The minimum Gasteiger partial charge on any atom is -0.390 e. The van der Waals surface area contributed by atoms with E-state index in [0.717, 1.165) is 4.90 Å². The van der Waals surface area contributed by atoms with Crippen LogP contribution < -0.4 is 4.90 Å². The number of hydrogen-bond donors (Lipinski definition) is 2. The Morgan fingerprint density at radius 3 is 2.17 bits per heavy atom. The van der Waals surface area contributed by atoms with Crippen LogP contribution in [-0.4, -0.2) is 39.2 Å². The van der Waals surface area contributed by atoms with Gasteiger partial charge in [-0.2, -0.15) is 0 Å². The maximum absolute atomic E-state index is 12.7. The van der Waals surface area contributed by atoms with Gasteiger partial charge >= 0.3 is 0 Å². The van der Waals surface area contributed by atoms with E-state index in [1.165, 1.54) is 24.3 Å². The molecule has 2 saturated carbocycles. The molecule has 0 radical (unpaired) electrons. The molecular weight excluding hydrogens is 304 g/mol. The van der Waals surface area contributed by atoms with Crippen LogP contribution in [0.25, 0.3) is 0 Å². The molecule has 1 aliphatic heterocycles. The Kier molecular flexibility index (Phi) is 2.85. The first-order valence-electron chi connectivity index (χ1n) is 7.40. The molecule has 3 aliphatic rings. The molecular formula is C15H14N2O6. The SMILES string of the molecule is O=C1[C@@H]2[C@@H]3C[C@H]([C@H](O)[C@H]3O)[C@@H]2C(=O)N1c1cccc([N+](=O)[O-])c1. The summed E-state index contributed by atoms with van der Waals surface area (Å²) in [5, 5.41) is 30.9. The number of anilines is 1. The van der Waals surface area contributed by atoms with Gasteiger partial charge in [0.2, 0.25) is 11.8 Å². The first-order chi connectivity index (χ1) is 10.9. The molecule has 1 saturated heterocycles. The van der Waals surface area contributed by atoms with Crippen molar-refractivity contribution < 1.29 is 24.7 Å². The van der Waals surface area contributed by atoms with E-state index in [9.17, 15) is 29.9 Å². The van der Waals surface area contributed by atoms with Gasteiger partial charge < -0.3 is 10.2 Å². The van der Waals surface area contributed by atoms with E-state index in [2.05, 4.69) is 0 Å². The number of nitrogens with zero attached hydrogens (tertiary/aromatic N) is 2. The van der Waals surface area contributed by atoms with Crippen LogP contribution in [-0.2, 0) is 9.59 Å². The topological polar surface area (TPSA) is 121 Å². The van der Waals surface area contributed by atoms with Crippen molar-refractivity contribution in [1.29, 1.82) is 0 Å². The second-order valence-electron chi connectivity index (χ2n) is 6.39. The number of non-ortho nitro benzene ring substituents is 1. The van der Waals surface area contributed by atoms with Crippen molar-refractivity contribution in [3.05, 3.63) is 34.4 Å². The molecule has 2 aliphatic carbocycles. The smallest absolute Gasteiger partial charge is 0.271 e. The number of fused-ring (bicyclic) bond motifs is 5. The van der Waals surface area contributed by atoms with Crippen molar-refractivity contribution in [2.75, 3.05) is 4.90 Å². The lowest BCUT2D eigenvalue weighted by molar-refractivity contribution is -0.384. The molecule has 120 valence electrons. The first kappa shape index (κ1) is 14.3. The van der Waals surface area contributed by atoms with Crippen molar-refractivity contribution in [2.45, 2.75) is 18.6 Å². The number of amides is 2. The lowest BCUT2D eigenvalue weighted by atomic mass is 9.78. The fraction of sp³-hybridized carbons (Fsp3) is 0.467. The summed E-state index contributed by atoms with van der Waals surface area (Å²) in [5.41, 5.74) is -0.0461. The van der Waals surface area contributed by atoms with Gasteiger partial charge in [-0.25, -0.2) is 4.90 Å². The number of nitro groups is 1. The van der Waals surface area contributed by atoms with Crippen LogP contribution in [0.3, 0.4) is 0 Å². The van der Waals surface area contributed by atoms with Gasteiger partial charge in [0.25, 0.3) is 5.69 Å². The number of imide groups is 1. The van der Waals surface area contributed by atoms with Crippen molar-refractivity contribution >= 4 is 23.2 Å². The van der Waals surface area contributed by atoms with Crippen molar-refractivity contribution in [3.8, 4) is 0 Å². The van der Waals surface area contributed by atoms with Gasteiger partial charge in [-0.3, -0.25) is 19.7 Å². The lowest BCUT2D eigenvalue weighted by Gasteiger charge is -2.29. The third-order valence-corrected chi connectivity index (χ3v) is 5.39. The Hall–Kier alpha value is -2.32. The molecule has 8 heteroatoms. The Balaban J connectivity index is 1.73. The van der Waals surface area contributed by atoms with E-state index in [0.29, 0.717) is 6.42 Å². The molecule has 2 amide bonds. The molecule has 0 aromatic heterocycles. The zero-order chi connectivity index (χ0) is 16.5. The van der Waals surface area contributed by atoms with Gasteiger partial charge in [0.05, 0.1) is 34.7 Å². The number of carbonyl (C=O) groups is 2. The van der Waals surface area contributed by atoms with Gasteiger partial charge in [-0.05, 0) is 12.5 Å². The Morgan fingerprint density at radius 2 is 1.65 bits per heavy atom. The van der Waals surface area contributed by atoms with E-state index >= 15 is 0 Å². The molecule has 2 N–H and O–H groups in total. The molecule has 1 heterocycles. The average molecular weight is 318 g/mol. The highest BCUT2D eigenvalue weighted by Gasteiger charge is 2.67. The number of benzene rings is 1. The largest absolute Gasteiger partial charge is 0.390 e. The van der Waals surface area contributed by atoms with E-state index in [-0.39, 0.29) is 11.4 Å². The van der Waals surface area contributed by atoms with Crippen molar-refractivity contribution in [2.24, 2.45) is 23.7 Å². The van der Waals surface area contributed by atoms with Crippen molar-refractivity contribution in [1.82, 2.24) is 0 Å². The summed E-state index contributed by atoms with van der Waals surface area (Å²) in [7, 11) is 0. The maximum atomic E-state index is 12.7. The monoisotopic (exact) mass is 318 g/mol. The van der Waals surface area contributed by atoms with Crippen LogP contribution in [0.2, 0.25) is 0 Å². The highest BCUT2D eigenvalue weighted by molar-refractivity contribution is 6.22. The van der Waals surface area contributed by atoms with Crippen LogP contribution in [0, 0.1) is 33.8 Å². The predicted molar refractivity (Wildman–Crippen MR) is 76.2 cm³/mol. The molecule has 6 atom stereocenters. The molecule has 23 heavy (non-hydrogen) atoms. The first-order valence-corrected chi connectivity index (χ1v) is 7.40. The quantitative estimate of drug-likeness (QED) is 0.452. The Bertz CT molecular complexity index is 702. The van der Waals surface area contributed by atoms with Crippen LogP contribution in [0.5, 0.6) is 0 Å². The van der Waals surface area contributed by atoms with Crippen LogP contribution in [0.1, 0.15) is 6.42 Å². The lowest BCUT2D eigenvalue weighted by Crippen LogP contribution is -2.43. The maximum Gasteiger partial charge on any atom is 0.271 e. The van der Waals surface area contributed by atoms with E-state index < -0.39 is 52.6 Å². The standard InChI is InChI=1S/C15H14N2O6/c18-12-8-5-9(13(12)19)11-10(8)14(20)16(15(11)21)6-2-1-3-7(4-6)17(22)23/h1-4,8-13,18-19H,5H2/t8-,9-,10-,11+,12-,13-/m0/s1. The minimum absolute atomic E-state index is 0.159. The summed E-state index contributed by atoms with van der Waals surface area (Å²) in [6.07, 6.45) is -1.54. The summed E-state index contributed by atoms with van der Waals surface area (Å²) in [4.78, 5) is 36.6. The van der Waals surface area contributed by atoms with Crippen LogP contribution in [0.4, 0.5) is 11.4 Å². The third kappa shape index (κ3) is 1.73. The Morgan fingerprint density at radius 1 is 1.09 bits per heavy atom. The van der Waals surface area contributed by atoms with Crippen molar-refractivity contribution in [3.63, 3.8) is 0 Å². The molecule has 1 aromatic carbocycles. The Labute approximate surface area is 130 Å². The number of aliphatic hydroxyl groups excluding tert-OH is 2. The normalized spacial score (nSPS) is 38.3. The molecule has 1 aromatic rings. The molecule has 8 nitrogen and oxygen atoms in total. The van der Waals surface area contributed by atoms with Crippen LogP contribution >= 0.6 is 0 Å². The number of nitro benzene ring substituents is 1.